The highest BCUT2D eigenvalue weighted by Gasteiger charge is 2.72. The van der Waals surface area contributed by atoms with Crippen molar-refractivity contribution in [2.24, 2.45) is 22.7 Å². The highest BCUT2D eigenvalue weighted by molar-refractivity contribution is 5.95. The minimum atomic E-state index is -0.248. The summed E-state index contributed by atoms with van der Waals surface area (Å²) in [4.78, 5) is 24.4. The molecule has 0 heterocycles. The van der Waals surface area contributed by atoms with E-state index in [1.54, 1.807) is 13.8 Å². The van der Waals surface area contributed by atoms with Gasteiger partial charge in [0.1, 0.15) is 11.6 Å². The Labute approximate surface area is 96.8 Å². The van der Waals surface area contributed by atoms with E-state index in [9.17, 15) is 9.59 Å². The Kier molecular flexibility index (Phi) is 1.94. The summed E-state index contributed by atoms with van der Waals surface area (Å²) in [5.74, 6) is 1.63. The van der Waals surface area contributed by atoms with E-state index in [1.807, 2.05) is 0 Å². The van der Waals surface area contributed by atoms with Crippen LogP contribution in [-0.2, 0) is 9.59 Å². The van der Waals surface area contributed by atoms with E-state index in [2.05, 4.69) is 0 Å². The van der Waals surface area contributed by atoms with Crippen molar-refractivity contribution in [2.45, 2.75) is 52.4 Å². The number of Topliss-reactive ketones (excluding diaryl/α,β-unsaturated/α-hetero) is 2. The van der Waals surface area contributed by atoms with E-state index in [1.165, 1.54) is 12.8 Å². The van der Waals surface area contributed by atoms with Gasteiger partial charge in [0.05, 0.1) is 0 Å². The minimum Gasteiger partial charge on any atom is -0.299 e. The molecule has 3 fully saturated rings. The molecule has 88 valence electrons. The summed E-state index contributed by atoms with van der Waals surface area (Å²) in [5, 5.41) is 0. The number of carbonyl (C=O) groups excluding carboxylic acids is 2. The smallest absolute Gasteiger partial charge is 0.137 e. The summed E-state index contributed by atoms with van der Waals surface area (Å²) < 4.78 is 0. The first-order valence-corrected chi connectivity index (χ1v) is 6.58. The lowest BCUT2D eigenvalue weighted by Crippen LogP contribution is -2.51. The molecule has 4 unspecified atom stereocenters. The van der Waals surface area contributed by atoms with E-state index in [0.29, 0.717) is 23.4 Å². The Hall–Kier alpha value is -0.660. The maximum absolute atomic E-state index is 12.2. The van der Waals surface area contributed by atoms with Crippen LogP contribution in [0.5, 0.6) is 0 Å². The Morgan fingerprint density at radius 2 is 1.38 bits per heavy atom. The van der Waals surface area contributed by atoms with Gasteiger partial charge >= 0.3 is 0 Å². The minimum absolute atomic E-state index is 0.248. The average Bonchev–Trinajstić information content (AvgIpc) is 2.88. The van der Waals surface area contributed by atoms with Crippen LogP contribution in [0.15, 0.2) is 0 Å². The Balaban J connectivity index is 2.19. The zero-order valence-corrected chi connectivity index (χ0v) is 10.2. The van der Waals surface area contributed by atoms with Crippen molar-refractivity contribution in [3.8, 4) is 0 Å². The van der Waals surface area contributed by atoms with Crippen molar-refractivity contribution < 1.29 is 9.59 Å². The van der Waals surface area contributed by atoms with Gasteiger partial charge in [0.25, 0.3) is 0 Å². The molecule has 3 rings (SSSR count). The van der Waals surface area contributed by atoms with Gasteiger partial charge in [-0.05, 0) is 57.8 Å². The molecule has 0 aliphatic heterocycles. The number of rotatable bonds is 2. The Morgan fingerprint density at radius 1 is 0.938 bits per heavy atom. The lowest BCUT2D eigenvalue weighted by molar-refractivity contribution is -0.150. The third kappa shape index (κ3) is 0.834. The van der Waals surface area contributed by atoms with Gasteiger partial charge in [0.15, 0.2) is 0 Å². The molecule has 0 aromatic rings. The van der Waals surface area contributed by atoms with E-state index in [-0.39, 0.29) is 10.8 Å². The summed E-state index contributed by atoms with van der Waals surface area (Å²) in [6, 6.07) is 0. The molecule has 2 bridgehead atoms. The highest BCUT2D eigenvalue weighted by atomic mass is 16.1. The van der Waals surface area contributed by atoms with Crippen LogP contribution in [0.2, 0.25) is 0 Å². The van der Waals surface area contributed by atoms with Gasteiger partial charge in [-0.25, -0.2) is 0 Å². The van der Waals surface area contributed by atoms with Crippen LogP contribution in [-0.4, -0.2) is 11.6 Å². The van der Waals surface area contributed by atoms with Crippen LogP contribution in [0.4, 0.5) is 0 Å². The largest absolute Gasteiger partial charge is 0.299 e. The number of ketones is 2. The van der Waals surface area contributed by atoms with Crippen molar-refractivity contribution in [3.63, 3.8) is 0 Å². The van der Waals surface area contributed by atoms with Crippen LogP contribution in [0.3, 0.4) is 0 Å². The lowest BCUT2D eigenvalue weighted by atomic mass is 9.54. The van der Waals surface area contributed by atoms with Crippen LogP contribution < -0.4 is 0 Å². The van der Waals surface area contributed by atoms with E-state index in [0.717, 1.165) is 25.7 Å². The van der Waals surface area contributed by atoms with Crippen LogP contribution in [0.1, 0.15) is 52.4 Å². The molecular formula is C14H20O2. The first kappa shape index (κ1) is 10.5. The predicted octanol–water partition coefficient (Wildman–Crippen LogP) is 2.75. The third-order valence-electron chi connectivity index (χ3n) is 6.02. The molecule has 3 aliphatic rings. The van der Waals surface area contributed by atoms with Gasteiger partial charge < -0.3 is 0 Å². The molecule has 3 saturated carbocycles. The zero-order valence-electron chi connectivity index (χ0n) is 10.2. The topological polar surface area (TPSA) is 34.1 Å². The lowest BCUT2D eigenvalue weighted by Gasteiger charge is -2.46. The molecule has 0 N–H and O–H groups in total. The van der Waals surface area contributed by atoms with Gasteiger partial charge in [-0.15, -0.1) is 0 Å². The van der Waals surface area contributed by atoms with E-state index < -0.39 is 0 Å². The molecule has 4 atom stereocenters. The first-order valence-electron chi connectivity index (χ1n) is 6.58. The highest BCUT2D eigenvalue weighted by Crippen LogP contribution is 2.73. The summed E-state index contributed by atoms with van der Waals surface area (Å²) >= 11 is 0. The second kappa shape index (κ2) is 2.96. The zero-order chi connectivity index (χ0) is 11.6. The van der Waals surface area contributed by atoms with Crippen LogP contribution >= 0.6 is 0 Å². The van der Waals surface area contributed by atoms with Gasteiger partial charge in [-0.1, -0.05) is 6.42 Å². The standard InChI is InChI=1S/C14H20O2/c1-9(15)13-6-3-7-14(13,10(2)16)12-5-4-11(13)8-12/h11-12H,3-8H2,1-2H3. The summed E-state index contributed by atoms with van der Waals surface area (Å²) in [5.41, 5.74) is -0.497. The van der Waals surface area contributed by atoms with Crippen molar-refractivity contribution >= 4 is 11.6 Å². The summed E-state index contributed by atoms with van der Waals surface area (Å²) in [7, 11) is 0. The molecule has 0 aromatic heterocycles. The van der Waals surface area contributed by atoms with E-state index >= 15 is 0 Å². The maximum atomic E-state index is 12.2. The predicted molar refractivity (Wildman–Crippen MR) is 60.9 cm³/mol. The quantitative estimate of drug-likeness (QED) is 0.717. The SMILES string of the molecule is CC(=O)C12CCCC1(C(C)=O)C1CCC2C1. The number of hydrogen-bond acceptors (Lipinski definition) is 2. The fraction of sp³-hybridized carbons (Fsp3) is 0.857. The first-order chi connectivity index (χ1) is 7.55. The molecule has 0 spiro atoms. The molecule has 3 aliphatic carbocycles. The average molecular weight is 220 g/mol. The van der Waals surface area contributed by atoms with Crippen LogP contribution in [0.25, 0.3) is 0 Å². The second-order valence-corrected chi connectivity index (χ2v) is 6.12. The summed E-state index contributed by atoms with van der Waals surface area (Å²) in [6.45, 7) is 3.45. The summed E-state index contributed by atoms with van der Waals surface area (Å²) in [6.07, 6.45) is 6.52. The van der Waals surface area contributed by atoms with Gasteiger partial charge in [0.2, 0.25) is 0 Å². The number of hydrogen-bond donors (Lipinski definition) is 0. The van der Waals surface area contributed by atoms with Crippen LogP contribution in [0, 0.1) is 22.7 Å². The molecule has 2 nitrogen and oxygen atoms in total. The molecular weight excluding hydrogens is 200 g/mol. The van der Waals surface area contributed by atoms with Crippen molar-refractivity contribution in [2.75, 3.05) is 0 Å². The fourth-order valence-corrected chi connectivity index (χ4v) is 5.66. The molecule has 0 aromatic carbocycles. The van der Waals surface area contributed by atoms with Gasteiger partial charge in [0, 0.05) is 10.8 Å². The Morgan fingerprint density at radius 3 is 1.75 bits per heavy atom. The maximum Gasteiger partial charge on any atom is 0.137 e. The van der Waals surface area contributed by atoms with Crippen molar-refractivity contribution in [3.05, 3.63) is 0 Å². The molecule has 0 radical (unpaired) electrons. The monoisotopic (exact) mass is 220 g/mol. The molecule has 16 heavy (non-hydrogen) atoms. The molecule has 2 heteroatoms. The van der Waals surface area contributed by atoms with Crippen molar-refractivity contribution in [1.29, 1.82) is 0 Å². The van der Waals surface area contributed by atoms with E-state index in [4.69, 9.17) is 0 Å². The fourth-order valence-electron chi connectivity index (χ4n) is 5.66. The number of carbonyl (C=O) groups is 2. The van der Waals surface area contributed by atoms with Gasteiger partial charge in [-0.3, -0.25) is 9.59 Å². The van der Waals surface area contributed by atoms with Gasteiger partial charge in [-0.2, -0.15) is 0 Å². The second-order valence-electron chi connectivity index (χ2n) is 6.12. The molecule has 0 amide bonds. The number of fused-ring (bicyclic) bond motifs is 5. The Bertz CT molecular complexity index is 339. The molecule has 0 saturated heterocycles. The normalized spacial score (nSPS) is 49.4. The van der Waals surface area contributed by atoms with Crippen molar-refractivity contribution in [1.82, 2.24) is 0 Å². The third-order valence-corrected chi connectivity index (χ3v) is 6.02.